The van der Waals surface area contributed by atoms with E-state index in [0.29, 0.717) is 25.3 Å². The number of nitrogens with one attached hydrogen (secondary N) is 1. The number of ether oxygens (including phenoxy) is 1. The van der Waals surface area contributed by atoms with Gasteiger partial charge in [0.15, 0.2) is 0 Å². The number of hydrogen-bond donors (Lipinski definition) is 1. The van der Waals surface area contributed by atoms with E-state index in [0.717, 1.165) is 11.3 Å². The lowest BCUT2D eigenvalue weighted by molar-refractivity contribution is 0.414. The first-order valence-corrected chi connectivity index (χ1v) is 7.00. The van der Waals surface area contributed by atoms with Crippen molar-refractivity contribution in [1.29, 1.82) is 0 Å². The summed E-state index contributed by atoms with van der Waals surface area (Å²) in [7, 11) is 1.62. The minimum absolute atomic E-state index is 0.210. The number of hydrogen-bond acceptors (Lipinski definition) is 4. The second-order valence-corrected chi connectivity index (χ2v) is 4.90. The zero-order chi connectivity index (χ0) is 15.4. The van der Waals surface area contributed by atoms with E-state index in [1.165, 1.54) is 0 Å². The topological polar surface area (TPSA) is 77.7 Å². The van der Waals surface area contributed by atoms with Gasteiger partial charge in [0.25, 0.3) is 0 Å². The van der Waals surface area contributed by atoms with E-state index >= 15 is 0 Å². The highest BCUT2D eigenvalue weighted by atomic mass is 16.5. The Balaban J connectivity index is 1.78. The van der Waals surface area contributed by atoms with Gasteiger partial charge in [0, 0.05) is 25.4 Å². The number of methoxy groups -OCH3 is 1. The zero-order valence-electron chi connectivity index (χ0n) is 12.3. The van der Waals surface area contributed by atoms with Gasteiger partial charge in [-0.1, -0.05) is 12.1 Å². The lowest BCUT2D eigenvalue weighted by Gasteiger charge is -2.07. The molecule has 0 atom stereocenters. The number of benzene rings is 1. The first kappa shape index (κ1) is 14.1. The fourth-order valence-corrected chi connectivity index (χ4v) is 2.30. The molecule has 0 aliphatic carbocycles. The summed E-state index contributed by atoms with van der Waals surface area (Å²) in [6, 6.07) is 9.52. The number of rotatable bonds is 6. The number of aromatic amines is 1. The van der Waals surface area contributed by atoms with Crippen LogP contribution >= 0.6 is 0 Å². The van der Waals surface area contributed by atoms with Gasteiger partial charge in [-0.15, -0.1) is 0 Å². The molecule has 7 nitrogen and oxygen atoms in total. The molecule has 0 saturated heterocycles. The van der Waals surface area contributed by atoms with Crippen LogP contribution in [0.15, 0.2) is 47.5 Å². The van der Waals surface area contributed by atoms with E-state index in [1.54, 1.807) is 17.9 Å². The van der Waals surface area contributed by atoms with Gasteiger partial charge >= 0.3 is 5.69 Å². The molecule has 114 valence electrons. The van der Waals surface area contributed by atoms with Crippen LogP contribution in [-0.4, -0.2) is 31.7 Å². The van der Waals surface area contributed by atoms with Crippen LogP contribution in [0.4, 0.5) is 0 Å². The molecule has 3 rings (SSSR count). The van der Waals surface area contributed by atoms with Crippen molar-refractivity contribution in [2.45, 2.75) is 19.5 Å². The Labute approximate surface area is 127 Å². The van der Waals surface area contributed by atoms with Crippen molar-refractivity contribution in [3.63, 3.8) is 0 Å². The lowest BCUT2D eigenvalue weighted by Crippen LogP contribution is -2.20. The Morgan fingerprint density at radius 3 is 3.00 bits per heavy atom. The maximum absolute atomic E-state index is 12.0. The van der Waals surface area contributed by atoms with Crippen molar-refractivity contribution in [2.75, 3.05) is 7.11 Å². The smallest absolute Gasteiger partial charge is 0.343 e. The minimum Gasteiger partial charge on any atom is -0.497 e. The van der Waals surface area contributed by atoms with Crippen LogP contribution in [0.2, 0.25) is 0 Å². The normalized spacial score (nSPS) is 10.8. The molecule has 1 N–H and O–H groups in total. The van der Waals surface area contributed by atoms with E-state index in [9.17, 15) is 4.79 Å². The highest BCUT2D eigenvalue weighted by Gasteiger charge is 2.09. The van der Waals surface area contributed by atoms with Crippen LogP contribution in [0.1, 0.15) is 11.4 Å². The van der Waals surface area contributed by atoms with Crippen molar-refractivity contribution < 1.29 is 4.74 Å². The fraction of sp³-hybridized carbons (Fsp3) is 0.267. The molecule has 0 bridgehead atoms. The SMILES string of the molecule is COc1cccc(Cn2c(CCn3cccn3)n[nH]c2=O)c1. The second kappa shape index (κ2) is 6.30. The molecule has 2 aromatic heterocycles. The molecule has 7 heteroatoms. The van der Waals surface area contributed by atoms with Crippen LogP contribution in [0.25, 0.3) is 0 Å². The minimum atomic E-state index is -0.210. The zero-order valence-corrected chi connectivity index (χ0v) is 12.3. The molecule has 0 aliphatic heterocycles. The van der Waals surface area contributed by atoms with Gasteiger partial charge < -0.3 is 4.74 Å². The predicted molar refractivity (Wildman–Crippen MR) is 80.9 cm³/mol. The molecule has 0 saturated carbocycles. The summed E-state index contributed by atoms with van der Waals surface area (Å²) in [6.07, 6.45) is 4.25. The van der Waals surface area contributed by atoms with Gasteiger partial charge in [-0.2, -0.15) is 10.2 Å². The fourth-order valence-electron chi connectivity index (χ4n) is 2.30. The molecular weight excluding hydrogens is 282 g/mol. The Hall–Kier alpha value is -2.83. The van der Waals surface area contributed by atoms with Crippen LogP contribution in [-0.2, 0) is 19.5 Å². The summed E-state index contributed by atoms with van der Waals surface area (Å²) >= 11 is 0. The molecule has 3 aromatic rings. The number of nitrogens with zero attached hydrogens (tertiary/aromatic N) is 4. The first-order valence-electron chi connectivity index (χ1n) is 7.00. The van der Waals surface area contributed by atoms with Crippen molar-refractivity contribution >= 4 is 0 Å². The largest absolute Gasteiger partial charge is 0.497 e. The summed E-state index contributed by atoms with van der Waals surface area (Å²) in [6.45, 7) is 1.14. The van der Waals surface area contributed by atoms with Crippen LogP contribution in [0.5, 0.6) is 5.75 Å². The van der Waals surface area contributed by atoms with Gasteiger partial charge in [0.1, 0.15) is 11.6 Å². The van der Waals surface area contributed by atoms with Crippen molar-refractivity contribution in [2.24, 2.45) is 0 Å². The second-order valence-electron chi connectivity index (χ2n) is 4.90. The van der Waals surface area contributed by atoms with E-state index in [2.05, 4.69) is 15.3 Å². The third kappa shape index (κ3) is 3.08. The number of aryl methyl sites for hydroxylation is 2. The molecule has 1 aromatic carbocycles. The van der Waals surface area contributed by atoms with Crippen LogP contribution in [0, 0.1) is 0 Å². The molecule has 0 radical (unpaired) electrons. The third-order valence-corrected chi connectivity index (χ3v) is 3.44. The standard InChI is InChI=1S/C15H17N5O2/c1-22-13-5-2-4-12(10-13)11-20-14(17-18-15(20)21)6-9-19-8-3-7-16-19/h2-5,7-8,10H,6,9,11H2,1H3,(H,18,21). The molecule has 22 heavy (non-hydrogen) atoms. The molecular formula is C15H17N5O2. The molecule has 2 heterocycles. The highest BCUT2D eigenvalue weighted by molar-refractivity contribution is 5.28. The highest BCUT2D eigenvalue weighted by Crippen LogP contribution is 2.13. The van der Waals surface area contributed by atoms with Crippen molar-refractivity contribution in [3.8, 4) is 5.75 Å². The monoisotopic (exact) mass is 299 g/mol. The van der Waals surface area contributed by atoms with Crippen molar-refractivity contribution in [1.82, 2.24) is 24.5 Å². The molecule has 0 aliphatic rings. The van der Waals surface area contributed by atoms with Crippen LogP contribution in [0.3, 0.4) is 0 Å². The van der Waals surface area contributed by atoms with E-state index in [4.69, 9.17) is 4.74 Å². The molecule has 0 amide bonds. The van der Waals surface area contributed by atoms with Gasteiger partial charge in [-0.05, 0) is 23.8 Å². The van der Waals surface area contributed by atoms with E-state index < -0.39 is 0 Å². The maximum Gasteiger partial charge on any atom is 0.343 e. The number of H-pyrrole nitrogens is 1. The van der Waals surface area contributed by atoms with Gasteiger partial charge in [-0.25, -0.2) is 9.89 Å². The van der Waals surface area contributed by atoms with E-state index in [1.807, 2.05) is 41.2 Å². The Morgan fingerprint density at radius 1 is 1.32 bits per heavy atom. The van der Waals surface area contributed by atoms with E-state index in [-0.39, 0.29) is 5.69 Å². The Morgan fingerprint density at radius 2 is 2.23 bits per heavy atom. The molecule has 0 spiro atoms. The van der Waals surface area contributed by atoms with Gasteiger partial charge in [0.05, 0.1) is 13.7 Å². The number of aromatic nitrogens is 5. The average molecular weight is 299 g/mol. The molecule has 0 fully saturated rings. The summed E-state index contributed by atoms with van der Waals surface area (Å²) in [4.78, 5) is 12.0. The Kier molecular flexibility index (Phi) is 4.04. The predicted octanol–water partition coefficient (Wildman–Crippen LogP) is 1.07. The lowest BCUT2D eigenvalue weighted by atomic mass is 10.2. The van der Waals surface area contributed by atoms with Gasteiger partial charge in [-0.3, -0.25) is 9.25 Å². The van der Waals surface area contributed by atoms with Crippen LogP contribution < -0.4 is 10.4 Å². The quantitative estimate of drug-likeness (QED) is 0.738. The summed E-state index contributed by atoms with van der Waals surface area (Å²) < 4.78 is 8.66. The third-order valence-electron chi connectivity index (χ3n) is 3.44. The van der Waals surface area contributed by atoms with Crippen molar-refractivity contribution in [3.05, 3.63) is 64.6 Å². The Bertz CT molecular complexity index is 788. The first-order chi connectivity index (χ1) is 10.8. The summed E-state index contributed by atoms with van der Waals surface area (Å²) in [5.41, 5.74) is 0.779. The van der Waals surface area contributed by atoms with Gasteiger partial charge in [0.2, 0.25) is 0 Å². The summed E-state index contributed by atoms with van der Waals surface area (Å²) in [5.74, 6) is 1.48. The summed E-state index contributed by atoms with van der Waals surface area (Å²) in [5, 5.41) is 10.8. The molecule has 0 unspecified atom stereocenters. The average Bonchev–Trinajstić information content (AvgIpc) is 3.17. The maximum atomic E-state index is 12.0.